The van der Waals surface area contributed by atoms with Crippen LogP contribution in [-0.4, -0.2) is 26.6 Å². The molecule has 0 aromatic heterocycles. The van der Waals surface area contributed by atoms with E-state index in [1.807, 2.05) is 0 Å². The second-order valence-electron chi connectivity index (χ2n) is 6.09. The molecule has 1 aromatic rings. The Kier molecular flexibility index (Phi) is 4.29. The summed E-state index contributed by atoms with van der Waals surface area (Å²) in [7, 11) is 3.36. The molecule has 0 saturated carbocycles. The number of fused-ring (bicyclic) bond motifs is 1. The van der Waals surface area contributed by atoms with Crippen molar-refractivity contribution in [2.45, 2.75) is 45.6 Å². The minimum Gasteiger partial charge on any atom is -0.354 e. The maximum atomic E-state index is 5.34. The fourth-order valence-corrected chi connectivity index (χ4v) is 3.15. The first-order valence-electron chi connectivity index (χ1n) is 6.89. The number of ether oxygens (including phenoxy) is 2. The summed E-state index contributed by atoms with van der Waals surface area (Å²) in [6.07, 6.45) is 0.890. The van der Waals surface area contributed by atoms with Gasteiger partial charge in [0.05, 0.1) is 6.04 Å². The Morgan fingerprint density at radius 3 is 2.47 bits per heavy atom. The van der Waals surface area contributed by atoms with E-state index in [1.165, 1.54) is 11.1 Å². The molecule has 2 rings (SSSR count). The van der Waals surface area contributed by atoms with Crippen molar-refractivity contribution in [1.82, 2.24) is 5.32 Å². The van der Waals surface area contributed by atoms with Gasteiger partial charge in [0.1, 0.15) is 0 Å². The van der Waals surface area contributed by atoms with Crippen LogP contribution in [0.2, 0.25) is 0 Å². The molecule has 0 radical (unpaired) electrons. The lowest BCUT2D eigenvalue weighted by molar-refractivity contribution is -0.122. The van der Waals surface area contributed by atoms with E-state index < -0.39 is 0 Å². The molecule has 1 N–H and O–H groups in total. The van der Waals surface area contributed by atoms with Crippen molar-refractivity contribution in [1.29, 1.82) is 0 Å². The van der Waals surface area contributed by atoms with Crippen molar-refractivity contribution < 1.29 is 9.47 Å². The van der Waals surface area contributed by atoms with E-state index in [-0.39, 0.29) is 17.7 Å². The van der Waals surface area contributed by atoms with Gasteiger partial charge in [-0.25, -0.2) is 0 Å². The Hall–Kier alpha value is -0.900. The summed E-state index contributed by atoms with van der Waals surface area (Å²) in [6, 6.07) is 9.17. The average Bonchev–Trinajstić information content (AvgIpc) is 2.62. The number of rotatable bonds is 5. The van der Waals surface area contributed by atoms with Crippen molar-refractivity contribution in [2.75, 3.05) is 14.2 Å². The highest BCUT2D eigenvalue weighted by Crippen LogP contribution is 2.45. The molecule has 0 aliphatic heterocycles. The van der Waals surface area contributed by atoms with Crippen LogP contribution in [0.5, 0.6) is 0 Å². The Morgan fingerprint density at radius 1 is 1.21 bits per heavy atom. The van der Waals surface area contributed by atoms with E-state index in [0.717, 1.165) is 6.42 Å². The Balaban J connectivity index is 2.19. The van der Waals surface area contributed by atoms with Gasteiger partial charge in [-0.05, 0) is 29.9 Å². The molecule has 0 saturated heterocycles. The third kappa shape index (κ3) is 2.83. The smallest absolute Gasteiger partial charge is 0.171 e. The van der Waals surface area contributed by atoms with E-state index in [9.17, 15) is 0 Å². The number of benzene rings is 1. The Labute approximate surface area is 116 Å². The molecular weight excluding hydrogens is 238 g/mol. The minimum atomic E-state index is -0.219. The fraction of sp³-hybridized carbons (Fsp3) is 0.625. The molecule has 0 spiro atoms. The lowest BCUT2D eigenvalue weighted by Crippen LogP contribution is -2.44. The zero-order chi connectivity index (χ0) is 14.0. The van der Waals surface area contributed by atoms with Crippen LogP contribution in [-0.2, 0) is 15.9 Å². The van der Waals surface area contributed by atoms with Crippen LogP contribution >= 0.6 is 0 Å². The maximum absolute atomic E-state index is 5.34. The van der Waals surface area contributed by atoms with Gasteiger partial charge in [0.25, 0.3) is 0 Å². The van der Waals surface area contributed by atoms with E-state index in [4.69, 9.17) is 9.47 Å². The SMILES string of the molecule is COC(OC)C(C)NC1c2ccccc2CC1(C)C. The third-order valence-corrected chi connectivity index (χ3v) is 4.10. The van der Waals surface area contributed by atoms with E-state index in [0.29, 0.717) is 6.04 Å². The molecule has 1 aromatic carbocycles. The monoisotopic (exact) mass is 263 g/mol. The zero-order valence-electron chi connectivity index (χ0n) is 12.6. The second kappa shape index (κ2) is 5.61. The normalized spacial score (nSPS) is 22.5. The molecule has 3 heteroatoms. The zero-order valence-corrected chi connectivity index (χ0v) is 12.6. The largest absolute Gasteiger partial charge is 0.354 e. The molecule has 2 unspecified atom stereocenters. The van der Waals surface area contributed by atoms with Gasteiger partial charge in [0, 0.05) is 20.3 Å². The van der Waals surface area contributed by atoms with E-state index in [2.05, 4.69) is 50.4 Å². The summed E-state index contributed by atoms with van der Waals surface area (Å²) in [5, 5.41) is 3.68. The first-order chi connectivity index (χ1) is 8.99. The fourth-order valence-electron chi connectivity index (χ4n) is 3.15. The predicted octanol–water partition coefficient (Wildman–Crippen LogP) is 2.91. The standard InChI is InChI=1S/C16H25NO2/c1-11(15(18-4)19-5)17-14-13-9-7-6-8-12(13)10-16(14,2)3/h6-9,11,14-15,17H,10H2,1-5H3. The molecule has 0 heterocycles. The topological polar surface area (TPSA) is 30.5 Å². The van der Waals surface area contributed by atoms with Crippen molar-refractivity contribution in [3.63, 3.8) is 0 Å². The number of nitrogens with one attached hydrogen (secondary N) is 1. The van der Waals surface area contributed by atoms with Gasteiger partial charge in [0.15, 0.2) is 6.29 Å². The van der Waals surface area contributed by atoms with Crippen LogP contribution in [0.25, 0.3) is 0 Å². The van der Waals surface area contributed by atoms with Crippen molar-refractivity contribution in [3.8, 4) is 0 Å². The van der Waals surface area contributed by atoms with Gasteiger partial charge >= 0.3 is 0 Å². The van der Waals surface area contributed by atoms with Gasteiger partial charge in [-0.3, -0.25) is 0 Å². The first-order valence-corrected chi connectivity index (χ1v) is 6.89. The number of methoxy groups -OCH3 is 2. The third-order valence-electron chi connectivity index (χ3n) is 4.10. The van der Waals surface area contributed by atoms with Crippen LogP contribution in [0, 0.1) is 5.41 Å². The van der Waals surface area contributed by atoms with Crippen LogP contribution in [0.3, 0.4) is 0 Å². The van der Waals surface area contributed by atoms with Crippen LogP contribution in [0.4, 0.5) is 0 Å². The summed E-state index contributed by atoms with van der Waals surface area (Å²) < 4.78 is 10.7. The molecule has 19 heavy (non-hydrogen) atoms. The van der Waals surface area contributed by atoms with Gasteiger partial charge < -0.3 is 14.8 Å². The molecule has 1 aliphatic carbocycles. The summed E-state index contributed by atoms with van der Waals surface area (Å²) >= 11 is 0. The Morgan fingerprint density at radius 2 is 1.84 bits per heavy atom. The molecule has 2 atom stereocenters. The number of hydrogen-bond acceptors (Lipinski definition) is 3. The van der Waals surface area contributed by atoms with Crippen molar-refractivity contribution in [2.24, 2.45) is 5.41 Å². The quantitative estimate of drug-likeness (QED) is 0.829. The summed E-state index contributed by atoms with van der Waals surface area (Å²) in [5.74, 6) is 0. The molecule has 0 fully saturated rings. The predicted molar refractivity (Wildman–Crippen MR) is 77.1 cm³/mol. The average molecular weight is 263 g/mol. The molecule has 0 bridgehead atoms. The minimum absolute atomic E-state index is 0.144. The number of hydrogen-bond donors (Lipinski definition) is 1. The van der Waals surface area contributed by atoms with Crippen LogP contribution in [0.1, 0.15) is 37.9 Å². The summed E-state index contributed by atoms with van der Waals surface area (Å²) in [5.41, 5.74) is 3.07. The highest BCUT2D eigenvalue weighted by Gasteiger charge is 2.39. The van der Waals surface area contributed by atoms with E-state index >= 15 is 0 Å². The lowest BCUT2D eigenvalue weighted by atomic mass is 9.85. The molecule has 3 nitrogen and oxygen atoms in total. The summed E-state index contributed by atoms with van der Waals surface area (Å²) in [4.78, 5) is 0. The van der Waals surface area contributed by atoms with Crippen molar-refractivity contribution >= 4 is 0 Å². The summed E-state index contributed by atoms with van der Waals surface area (Å²) in [6.45, 7) is 6.73. The Bertz CT molecular complexity index is 427. The highest BCUT2D eigenvalue weighted by atomic mass is 16.7. The molecule has 106 valence electrons. The van der Waals surface area contributed by atoms with Gasteiger partial charge in [-0.15, -0.1) is 0 Å². The molecule has 1 aliphatic rings. The van der Waals surface area contributed by atoms with Crippen LogP contribution in [0.15, 0.2) is 24.3 Å². The van der Waals surface area contributed by atoms with Gasteiger partial charge in [0.2, 0.25) is 0 Å². The second-order valence-corrected chi connectivity index (χ2v) is 6.09. The molecular formula is C16H25NO2. The van der Waals surface area contributed by atoms with Gasteiger partial charge in [-0.2, -0.15) is 0 Å². The van der Waals surface area contributed by atoms with Crippen LogP contribution < -0.4 is 5.32 Å². The van der Waals surface area contributed by atoms with E-state index in [1.54, 1.807) is 14.2 Å². The lowest BCUT2D eigenvalue weighted by Gasteiger charge is -2.33. The maximum Gasteiger partial charge on any atom is 0.171 e. The first kappa shape index (κ1) is 14.5. The highest BCUT2D eigenvalue weighted by molar-refractivity contribution is 5.37. The molecule has 0 amide bonds. The van der Waals surface area contributed by atoms with Crippen molar-refractivity contribution in [3.05, 3.63) is 35.4 Å². The van der Waals surface area contributed by atoms with Gasteiger partial charge in [-0.1, -0.05) is 38.1 Å².